The summed E-state index contributed by atoms with van der Waals surface area (Å²) in [5, 5.41) is 2.95. The standard InChI is InChI=1S/C15H19N3O2/c16-15(20)18-9-11-7-3-4-8-12(11)17-14(19)13(18)10-5-1-2-6-10/h3-4,7-8,10,13H,1-2,5-6,9H2,(H2,16,20)(H,17,19). The van der Waals surface area contributed by atoms with Gasteiger partial charge in [0.2, 0.25) is 5.91 Å². The number of nitrogens with two attached hydrogens (primary N) is 1. The quantitative estimate of drug-likeness (QED) is 0.822. The number of benzene rings is 1. The number of amides is 3. The maximum atomic E-state index is 12.5. The summed E-state index contributed by atoms with van der Waals surface area (Å²) in [5.41, 5.74) is 7.23. The number of primary amides is 1. The van der Waals surface area contributed by atoms with Crippen molar-refractivity contribution in [3.05, 3.63) is 29.8 Å². The lowest BCUT2D eigenvalue weighted by molar-refractivity contribution is -0.122. The molecule has 0 spiro atoms. The molecule has 0 bridgehead atoms. The van der Waals surface area contributed by atoms with Crippen LogP contribution in [-0.4, -0.2) is 22.9 Å². The molecule has 1 atom stereocenters. The van der Waals surface area contributed by atoms with Gasteiger partial charge in [-0.05, 0) is 30.4 Å². The van der Waals surface area contributed by atoms with Crippen molar-refractivity contribution in [1.82, 2.24) is 4.90 Å². The van der Waals surface area contributed by atoms with Gasteiger partial charge in [0.05, 0.1) is 6.54 Å². The molecule has 5 nitrogen and oxygen atoms in total. The van der Waals surface area contributed by atoms with Crippen LogP contribution in [0.1, 0.15) is 31.2 Å². The van der Waals surface area contributed by atoms with E-state index in [9.17, 15) is 9.59 Å². The Hall–Kier alpha value is -2.04. The lowest BCUT2D eigenvalue weighted by atomic mass is 9.96. The van der Waals surface area contributed by atoms with Crippen molar-refractivity contribution < 1.29 is 9.59 Å². The maximum Gasteiger partial charge on any atom is 0.315 e. The van der Waals surface area contributed by atoms with Crippen LogP contribution in [0.3, 0.4) is 0 Å². The van der Waals surface area contributed by atoms with Crippen molar-refractivity contribution in [3.63, 3.8) is 0 Å². The van der Waals surface area contributed by atoms with E-state index in [4.69, 9.17) is 5.73 Å². The molecule has 1 heterocycles. The van der Waals surface area contributed by atoms with Gasteiger partial charge in [-0.2, -0.15) is 0 Å². The van der Waals surface area contributed by atoms with Crippen LogP contribution in [0.15, 0.2) is 24.3 Å². The van der Waals surface area contributed by atoms with Gasteiger partial charge in [0.15, 0.2) is 0 Å². The third kappa shape index (κ3) is 2.24. The van der Waals surface area contributed by atoms with Crippen LogP contribution in [0.5, 0.6) is 0 Å². The maximum absolute atomic E-state index is 12.5. The number of hydrogen-bond acceptors (Lipinski definition) is 2. The minimum Gasteiger partial charge on any atom is -0.351 e. The molecule has 1 fully saturated rings. The highest BCUT2D eigenvalue weighted by Crippen LogP contribution is 2.34. The van der Waals surface area contributed by atoms with Crippen LogP contribution in [-0.2, 0) is 11.3 Å². The minimum absolute atomic E-state index is 0.111. The second kappa shape index (κ2) is 5.15. The van der Waals surface area contributed by atoms with Gasteiger partial charge in [0, 0.05) is 5.69 Å². The molecule has 106 valence electrons. The molecule has 1 unspecified atom stereocenters. The highest BCUT2D eigenvalue weighted by atomic mass is 16.2. The molecular weight excluding hydrogens is 254 g/mol. The van der Waals surface area contributed by atoms with E-state index in [1.807, 2.05) is 24.3 Å². The molecule has 1 aromatic rings. The number of carbonyl (C=O) groups is 2. The minimum atomic E-state index is -0.520. The predicted octanol–water partition coefficient (Wildman–Crippen LogP) is 2.08. The fourth-order valence-electron chi connectivity index (χ4n) is 3.37. The third-order valence-electron chi connectivity index (χ3n) is 4.35. The van der Waals surface area contributed by atoms with Gasteiger partial charge < -0.3 is 16.0 Å². The topological polar surface area (TPSA) is 75.4 Å². The molecule has 0 aromatic heterocycles. The summed E-state index contributed by atoms with van der Waals surface area (Å²) in [6, 6.07) is 6.60. The fourth-order valence-corrected chi connectivity index (χ4v) is 3.37. The molecule has 3 rings (SSSR count). The Morgan fingerprint density at radius 1 is 1.25 bits per heavy atom. The molecular formula is C15H19N3O2. The van der Waals surface area contributed by atoms with Crippen molar-refractivity contribution in [3.8, 4) is 0 Å². The first kappa shape index (κ1) is 13.0. The number of fused-ring (bicyclic) bond motifs is 1. The molecule has 3 amide bonds. The van der Waals surface area contributed by atoms with Crippen LogP contribution in [0.2, 0.25) is 0 Å². The normalized spacial score (nSPS) is 23.1. The average molecular weight is 273 g/mol. The summed E-state index contributed by atoms with van der Waals surface area (Å²) in [5.74, 6) is 0.109. The van der Waals surface area contributed by atoms with Crippen molar-refractivity contribution in [2.24, 2.45) is 11.7 Å². The number of nitrogens with one attached hydrogen (secondary N) is 1. The number of urea groups is 1. The Balaban J connectivity index is 1.97. The van der Waals surface area contributed by atoms with Crippen LogP contribution in [0.25, 0.3) is 0 Å². The van der Waals surface area contributed by atoms with Gasteiger partial charge >= 0.3 is 6.03 Å². The van der Waals surface area contributed by atoms with E-state index in [1.54, 1.807) is 0 Å². The van der Waals surface area contributed by atoms with E-state index >= 15 is 0 Å². The van der Waals surface area contributed by atoms with Gasteiger partial charge in [0.1, 0.15) is 6.04 Å². The Labute approximate surface area is 118 Å². The molecule has 20 heavy (non-hydrogen) atoms. The first-order valence-corrected chi connectivity index (χ1v) is 7.11. The monoisotopic (exact) mass is 273 g/mol. The number of rotatable bonds is 1. The molecule has 0 radical (unpaired) electrons. The predicted molar refractivity (Wildman–Crippen MR) is 75.9 cm³/mol. The van der Waals surface area contributed by atoms with E-state index < -0.39 is 12.1 Å². The van der Waals surface area contributed by atoms with Gasteiger partial charge in [-0.25, -0.2) is 4.79 Å². The lowest BCUT2D eigenvalue weighted by Gasteiger charge is -2.31. The summed E-state index contributed by atoms with van der Waals surface area (Å²) in [6.07, 6.45) is 4.21. The van der Waals surface area contributed by atoms with Crippen molar-refractivity contribution in [2.45, 2.75) is 38.3 Å². The van der Waals surface area contributed by atoms with Crippen molar-refractivity contribution >= 4 is 17.6 Å². The molecule has 2 aliphatic rings. The molecule has 3 N–H and O–H groups in total. The zero-order valence-electron chi connectivity index (χ0n) is 11.3. The summed E-state index contributed by atoms with van der Waals surface area (Å²) < 4.78 is 0. The van der Waals surface area contributed by atoms with Gasteiger partial charge in [-0.1, -0.05) is 31.0 Å². The lowest BCUT2D eigenvalue weighted by Crippen LogP contribution is -2.51. The molecule has 5 heteroatoms. The number of para-hydroxylation sites is 1. The Morgan fingerprint density at radius 3 is 2.65 bits per heavy atom. The zero-order chi connectivity index (χ0) is 14.1. The van der Waals surface area contributed by atoms with Crippen LogP contribution in [0.4, 0.5) is 10.5 Å². The number of carbonyl (C=O) groups excluding carboxylic acids is 2. The van der Waals surface area contributed by atoms with E-state index in [0.29, 0.717) is 6.54 Å². The van der Waals surface area contributed by atoms with E-state index in [0.717, 1.165) is 36.9 Å². The molecule has 1 aliphatic heterocycles. The smallest absolute Gasteiger partial charge is 0.315 e. The second-order valence-electron chi connectivity index (χ2n) is 5.60. The van der Waals surface area contributed by atoms with Crippen molar-refractivity contribution in [1.29, 1.82) is 0 Å². The Kier molecular flexibility index (Phi) is 3.34. The Bertz CT molecular complexity index is 538. The molecule has 1 aliphatic carbocycles. The molecule has 1 aromatic carbocycles. The summed E-state index contributed by atoms with van der Waals surface area (Å²) in [6.45, 7) is 0.394. The number of nitrogens with zero attached hydrogens (tertiary/aromatic N) is 1. The van der Waals surface area contributed by atoms with Crippen LogP contribution >= 0.6 is 0 Å². The van der Waals surface area contributed by atoms with E-state index in [2.05, 4.69) is 5.32 Å². The molecule has 0 saturated heterocycles. The second-order valence-corrected chi connectivity index (χ2v) is 5.60. The summed E-state index contributed by atoms with van der Waals surface area (Å²) in [4.78, 5) is 25.8. The Morgan fingerprint density at radius 2 is 1.95 bits per heavy atom. The third-order valence-corrected chi connectivity index (χ3v) is 4.35. The largest absolute Gasteiger partial charge is 0.351 e. The van der Waals surface area contributed by atoms with Crippen LogP contribution < -0.4 is 11.1 Å². The van der Waals surface area contributed by atoms with Gasteiger partial charge in [0.25, 0.3) is 0 Å². The first-order chi connectivity index (χ1) is 9.66. The average Bonchev–Trinajstić information content (AvgIpc) is 2.88. The van der Waals surface area contributed by atoms with Crippen molar-refractivity contribution in [2.75, 3.05) is 5.32 Å². The van der Waals surface area contributed by atoms with Gasteiger partial charge in [-0.15, -0.1) is 0 Å². The number of hydrogen-bond donors (Lipinski definition) is 2. The van der Waals surface area contributed by atoms with E-state index in [-0.39, 0.29) is 11.8 Å². The highest BCUT2D eigenvalue weighted by molar-refractivity contribution is 5.98. The summed E-state index contributed by atoms with van der Waals surface area (Å²) >= 11 is 0. The van der Waals surface area contributed by atoms with E-state index in [1.165, 1.54) is 4.90 Å². The SMILES string of the molecule is NC(=O)N1Cc2ccccc2NC(=O)C1C1CCCC1. The highest BCUT2D eigenvalue weighted by Gasteiger charge is 2.39. The van der Waals surface area contributed by atoms with Gasteiger partial charge in [-0.3, -0.25) is 4.79 Å². The van der Waals surface area contributed by atoms with Crippen LogP contribution in [0, 0.1) is 5.92 Å². The first-order valence-electron chi connectivity index (χ1n) is 7.11. The molecule has 1 saturated carbocycles. The summed E-state index contributed by atoms with van der Waals surface area (Å²) in [7, 11) is 0. The zero-order valence-corrected chi connectivity index (χ0v) is 11.3. The fraction of sp³-hybridized carbons (Fsp3) is 0.467. The number of anilines is 1.